The van der Waals surface area contributed by atoms with E-state index in [-0.39, 0.29) is 37.6 Å². The predicted molar refractivity (Wildman–Crippen MR) is 55.6 cm³/mol. The number of aliphatic hydroxyl groups excluding tert-OH is 3. The van der Waals surface area contributed by atoms with Crippen molar-refractivity contribution in [2.75, 3.05) is 6.54 Å². The number of nitrogens with two attached hydrogens (primary N) is 2. The van der Waals surface area contributed by atoms with E-state index in [4.69, 9.17) is 26.8 Å². The van der Waals surface area contributed by atoms with E-state index < -0.39 is 24.4 Å². The molecule has 0 heterocycles. The zero-order valence-electron chi connectivity index (χ0n) is 7.31. The molecule has 88 valence electrons. The van der Waals surface area contributed by atoms with Gasteiger partial charge in [-0.15, -0.1) is 24.8 Å². The van der Waals surface area contributed by atoms with Gasteiger partial charge in [0.05, 0.1) is 12.1 Å². The molecule has 6 nitrogen and oxygen atoms in total. The van der Waals surface area contributed by atoms with Gasteiger partial charge in [0.1, 0.15) is 18.5 Å². The number of carbonyl (C=O) groups is 1. The second-order valence-corrected chi connectivity index (χ2v) is 2.50. The number of aldehydes is 1. The van der Waals surface area contributed by atoms with Crippen LogP contribution in [0.2, 0.25) is 0 Å². The summed E-state index contributed by atoms with van der Waals surface area (Å²) in [5.41, 5.74) is 10.1. The fourth-order valence-electron chi connectivity index (χ4n) is 0.675. The average Bonchev–Trinajstić information content (AvgIpc) is 2.12. The first kappa shape index (κ1) is 19.6. The summed E-state index contributed by atoms with van der Waals surface area (Å²) >= 11 is 0. The molecule has 0 aliphatic heterocycles. The van der Waals surface area contributed by atoms with Crippen molar-refractivity contribution in [3.63, 3.8) is 0 Å². The molecule has 14 heavy (non-hydrogen) atoms. The van der Waals surface area contributed by atoms with Crippen LogP contribution in [0.5, 0.6) is 0 Å². The molecule has 0 radical (unpaired) electrons. The Balaban J connectivity index is -0.000000605. The molecule has 0 aromatic carbocycles. The van der Waals surface area contributed by atoms with Gasteiger partial charge in [-0.2, -0.15) is 0 Å². The third kappa shape index (κ3) is 5.71. The van der Waals surface area contributed by atoms with Crippen LogP contribution in [-0.4, -0.2) is 52.5 Å². The van der Waals surface area contributed by atoms with E-state index in [0.29, 0.717) is 0 Å². The first-order valence-electron chi connectivity index (χ1n) is 3.49. The summed E-state index contributed by atoms with van der Waals surface area (Å²) in [4.78, 5) is 10.1. The maximum atomic E-state index is 10.1. The molecular formula is C6H16Cl2N2O4. The smallest absolute Gasteiger partial charge is 0.139 e. The van der Waals surface area contributed by atoms with Gasteiger partial charge in [0.2, 0.25) is 0 Å². The number of hydrogen-bond donors (Lipinski definition) is 5. The monoisotopic (exact) mass is 250 g/mol. The normalized spacial score (nSPS) is 18.1. The van der Waals surface area contributed by atoms with Crippen molar-refractivity contribution in [3.8, 4) is 0 Å². The number of halogens is 2. The lowest BCUT2D eigenvalue weighted by Gasteiger charge is -2.23. The Kier molecular flexibility index (Phi) is 13.4. The summed E-state index contributed by atoms with van der Waals surface area (Å²) < 4.78 is 0. The fraction of sp³-hybridized carbons (Fsp3) is 0.833. The van der Waals surface area contributed by atoms with Gasteiger partial charge in [-0.3, -0.25) is 0 Å². The van der Waals surface area contributed by atoms with Crippen molar-refractivity contribution in [3.05, 3.63) is 0 Å². The molecular weight excluding hydrogens is 235 g/mol. The van der Waals surface area contributed by atoms with E-state index in [1.165, 1.54) is 0 Å². The molecule has 0 saturated heterocycles. The number of rotatable bonds is 5. The lowest BCUT2D eigenvalue weighted by atomic mass is 10.0. The van der Waals surface area contributed by atoms with E-state index in [1.54, 1.807) is 0 Å². The van der Waals surface area contributed by atoms with Crippen LogP contribution < -0.4 is 11.5 Å². The predicted octanol–water partition coefficient (Wildman–Crippen LogP) is -2.60. The lowest BCUT2D eigenvalue weighted by molar-refractivity contribution is -0.116. The van der Waals surface area contributed by atoms with Crippen molar-refractivity contribution >= 4 is 31.1 Å². The number of aliphatic hydroxyl groups is 3. The summed E-state index contributed by atoms with van der Waals surface area (Å²) in [5, 5.41) is 27.1. The molecule has 8 heteroatoms. The second kappa shape index (κ2) is 9.60. The number of carbonyl (C=O) groups excluding carboxylic acids is 1. The van der Waals surface area contributed by atoms with Crippen LogP contribution in [0.15, 0.2) is 0 Å². The SMILES string of the molecule is Cl.Cl.NC[C@@H](O)[C@@H](O)[C@H](O)[C@@H](N)C=O. The molecule has 0 rings (SSSR count). The highest BCUT2D eigenvalue weighted by atomic mass is 35.5. The van der Waals surface area contributed by atoms with Crippen molar-refractivity contribution in [2.45, 2.75) is 24.4 Å². The Labute approximate surface area is 94.1 Å². The highest BCUT2D eigenvalue weighted by Gasteiger charge is 2.28. The Morgan fingerprint density at radius 2 is 1.57 bits per heavy atom. The molecule has 0 aliphatic rings. The average molecular weight is 251 g/mol. The van der Waals surface area contributed by atoms with E-state index >= 15 is 0 Å². The largest absolute Gasteiger partial charge is 0.389 e. The third-order valence-electron chi connectivity index (χ3n) is 1.54. The van der Waals surface area contributed by atoms with Gasteiger partial charge in [-0.25, -0.2) is 0 Å². The fourth-order valence-corrected chi connectivity index (χ4v) is 0.675. The molecule has 0 bridgehead atoms. The van der Waals surface area contributed by atoms with Gasteiger partial charge in [0, 0.05) is 6.54 Å². The molecule has 0 unspecified atom stereocenters. The van der Waals surface area contributed by atoms with Crippen molar-refractivity contribution < 1.29 is 20.1 Å². The van der Waals surface area contributed by atoms with Crippen LogP contribution in [0.25, 0.3) is 0 Å². The molecule has 0 aromatic heterocycles. The molecule has 0 amide bonds. The summed E-state index contributed by atoms with van der Waals surface area (Å²) in [6, 6.07) is -1.21. The zero-order valence-corrected chi connectivity index (χ0v) is 8.95. The van der Waals surface area contributed by atoms with E-state index in [0.717, 1.165) is 0 Å². The zero-order chi connectivity index (χ0) is 9.72. The Morgan fingerprint density at radius 1 is 1.14 bits per heavy atom. The van der Waals surface area contributed by atoms with Crippen LogP contribution in [0.1, 0.15) is 0 Å². The topological polar surface area (TPSA) is 130 Å². The van der Waals surface area contributed by atoms with Crippen LogP contribution in [0.3, 0.4) is 0 Å². The van der Waals surface area contributed by atoms with Crippen LogP contribution >= 0.6 is 24.8 Å². The maximum Gasteiger partial charge on any atom is 0.139 e. The minimum Gasteiger partial charge on any atom is -0.389 e. The molecule has 0 aliphatic carbocycles. The van der Waals surface area contributed by atoms with E-state index in [2.05, 4.69) is 0 Å². The lowest BCUT2D eigenvalue weighted by Crippen LogP contribution is -2.50. The van der Waals surface area contributed by atoms with E-state index in [1.807, 2.05) is 0 Å². The first-order valence-corrected chi connectivity index (χ1v) is 3.49. The quantitative estimate of drug-likeness (QED) is 0.340. The minimum absolute atomic E-state index is 0. The summed E-state index contributed by atoms with van der Waals surface area (Å²) in [5.74, 6) is 0. The van der Waals surface area contributed by atoms with Gasteiger partial charge in [0.25, 0.3) is 0 Å². The summed E-state index contributed by atoms with van der Waals surface area (Å²) in [6.07, 6.45) is -3.96. The van der Waals surface area contributed by atoms with Crippen molar-refractivity contribution in [2.24, 2.45) is 11.5 Å². The van der Waals surface area contributed by atoms with Gasteiger partial charge in [-0.05, 0) is 0 Å². The summed E-state index contributed by atoms with van der Waals surface area (Å²) in [6.45, 7) is -0.205. The number of hydrogen-bond acceptors (Lipinski definition) is 6. The summed E-state index contributed by atoms with van der Waals surface area (Å²) in [7, 11) is 0. The van der Waals surface area contributed by atoms with Gasteiger partial charge >= 0.3 is 0 Å². The minimum atomic E-state index is -1.49. The highest BCUT2D eigenvalue weighted by Crippen LogP contribution is 2.01. The van der Waals surface area contributed by atoms with Gasteiger partial charge in [0.15, 0.2) is 0 Å². The molecule has 0 fully saturated rings. The molecule has 0 saturated carbocycles. The van der Waals surface area contributed by atoms with E-state index in [9.17, 15) is 4.79 Å². The van der Waals surface area contributed by atoms with Crippen molar-refractivity contribution in [1.82, 2.24) is 0 Å². The maximum absolute atomic E-state index is 10.1. The highest BCUT2D eigenvalue weighted by molar-refractivity contribution is 5.85. The molecule has 0 aromatic rings. The first-order chi connectivity index (χ1) is 5.54. The molecule has 0 spiro atoms. The second-order valence-electron chi connectivity index (χ2n) is 2.50. The van der Waals surface area contributed by atoms with Crippen LogP contribution in [-0.2, 0) is 4.79 Å². The van der Waals surface area contributed by atoms with Gasteiger partial charge in [-0.1, -0.05) is 0 Å². The Bertz CT molecular complexity index is 152. The molecule has 4 atom stereocenters. The third-order valence-corrected chi connectivity index (χ3v) is 1.54. The Hall–Kier alpha value is 0.0500. The van der Waals surface area contributed by atoms with Crippen LogP contribution in [0, 0.1) is 0 Å². The standard InChI is InChI=1S/C6H14N2O4.2ClH/c7-1-4(10)6(12)5(11)3(8)2-9;;/h2-6,10-12H,1,7-8H2;2*1H/t3-,4+,5+,6+;;/m0../s1. The van der Waals surface area contributed by atoms with Crippen LogP contribution in [0.4, 0.5) is 0 Å². The molecule has 7 N–H and O–H groups in total. The van der Waals surface area contributed by atoms with Gasteiger partial charge < -0.3 is 31.6 Å². The van der Waals surface area contributed by atoms with Crippen molar-refractivity contribution in [1.29, 1.82) is 0 Å². The Morgan fingerprint density at radius 3 is 1.86 bits per heavy atom.